The van der Waals surface area contributed by atoms with Crippen LogP contribution in [0.25, 0.3) is 0 Å². The third-order valence-corrected chi connectivity index (χ3v) is 4.00. The number of hydrogen-bond acceptors (Lipinski definition) is 4. The van der Waals surface area contributed by atoms with E-state index >= 15 is 0 Å². The van der Waals surface area contributed by atoms with Gasteiger partial charge in [0.25, 0.3) is 0 Å². The first kappa shape index (κ1) is 15.9. The first-order valence-corrected chi connectivity index (χ1v) is 7.78. The predicted molar refractivity (Wildman–Crippen MR) is 92.1 cm³/mol. The standard InChI is InChI=1S/C19H18N2O3/c1-12(22)15-10-6-7-11-16(15)20-19(23)17-13(2)24-21-18(17)14-8-4-3-5-9-14/h3-11,13,17H,1-2H3,(H,20,23)/t13-,17+/m1/s1. The van der Waals surface area contributed by atoms with Gasteiger partial charge in [-0.25, -0.2) is 0 Å². The zero-order valence-electron chi connectivity index (χ0n) is 13.5. The number of carbonyl (C=O) groups excluding carboxylic acids is 2. The molecule has 1 aliphatic heterocycles. The van der Waals surface area contributed by atoms with Crippen LogP contribution in [-0.4, -0.2) is 23.5 Å². The minimum absolute atomic E-state index is 0.0985. The van der Waals surface area contributed by atoms with E-state index in [0.717, 1.165) is 5.56 Å². The number of hydrogen-bond donors (Lipinski definition) is 1. The van der Waals surface area contributed by atoms with Crippen molar-refractivity contribution in [1.82, 2.24) is 0 Å². The van der Waals surface area contributed by atoms with E-state index < -0.39 is 5.92 Å². The molecule has 0 bridgehead atoms. The average Bonchev–Trinajstić information content (AvgIpc) is 2.97. The van der Waals surface area contributed by atoms with E-state index in [9.17, 15) is 9.59 Å². The number of benzene rings is 2. The van der Waals surface area contributed by atoms with Crippen LogP contribution in [0.1, 0.15) is 29.8 Å². The molecule has 122 valence electrons. The minimum Gasteiger partial charge on any atom is -0.391 e. The summed E-state index contributed by atoms with van der Waals surface area (Å²) in [7, 11) is 0. The maximum atomic E-state index is 12.8. The largest absolute Gasteiger partial charge is 0.391 e. The van der Waals surface area contributed by atoms with Crippen LogP contribution in [0.5, 0.6) is 0 Å². The first-order chi connectivity index (χ1) is 11.6. The Morgan fingerprint density at radius 2 is 1.71 bits per heavy atom. The summed E-state index contributed by atoms with van der Waals surface area (Å²) < 4.78 is 0. The smallest absolute Gasteiger partial charge is 0.237 e. The number of nitrogens with zero attached hydrogens (tertiary/aromatic N) is 1. The monoisotopic (exact) mass is 322 g/mol. The van der Waals surface area contributed by atoms with Gasteiger partial charge < -0.3 is 10.2 Å². The van der Waals surface area contributed by atoms with E-state index in [-0.39, 0.29) is 17.8 Å². The van der Waals surface area contributed by atoms with Gasteiger partial charge in [0.05, 0.1) is 5.69 Å². The van der Waals surface area contributed by atoms with Crippen LogP contribution in [0, 0.1) is 5.92 Å². The second-order valence-electron chi connectivity index (χ2n) is 5.72. The van der Waals surface area contributed by atoms with E-state index in [1.165, 1.54) is 6.92 Å². The average molecular weight is 322 g/mol. The summed E-state index contributed by atoms with van der Waals surface area (Å²) in [6.45, 7) is 3.28. The number of anilines is 1. The normalized spacial score (nSPS) is 19.3. The van der Waals surface area contributed by atoms with Crippen LogP contribution < -0.4 is 5.32 Å². The molecule has 24 heavy (non-hydrogen) atoms. The zero-order valence-corrected chi connectivity index (χ0v) is 13.5. The summed E-state index contributed by atoms with van der Waals surface area (Å²) in [5.74, 6) is -0.873. The lowest BCUT2D eigenvalue weighted by Crippen LogP contribution is -2.34. The highest BCUT2D eigenvalue weighted by molar-refractivity contribution is 6.17. The van der Waals surface area contributed by atoms with Gasteiger partial charge in [-0.05, 0) is 26.0 Å². The summed E-state index contributed by atoms with van der Waals surface area (Å²) in [6.07, 6.45) is -0.371. The van der Waals surface area contributed by atoms with Gasteiger partial charge in [0.1, 0.15) is 17.7 Å². The minimum atomic E-state index is -0.535. The number of oxime groups is 1. The van der Waals surface area contributed by atoms with Crippen molar-refractivity contribution in [3.8, 4) is 0 Å². The third kappa shape index (κ3) is 3.06. The zero-order chi connectivity index (χ0) is 17.1. The van der Waals surface area contributed by atoms with Crippen molar-refractivity contribution in [3.63, 3.8) is 0 Å². The third-order valence-electron chi connectivity index (χ3n) is 4.00. The molecular weight excluding hydrogens is 304 g/mol. The molecule has 3 rings (SSSR count). The van der Waals surface area contributed by atoms with Crippen molar-refractivity contribution in [2.24, 2.45) is 11.1 Å². The molecule has 1 aliphatic rings. The van der Waals surface area contributed by atoms with Crippen molar-refractivity contribution in [3.05, 3.63) is 65.7 Å². The molecule has 0 radical (unpaired) electrons. The van der Waals surface area contributed by atoms with Gasteiger partial charge >= 0.3 is 0 Å². The lowest BCUT2D eigenvalue weighted by molar-refractivity contribution is -0.120. The molecule has 2 aromatic carbocycles. The van der Waals surface area contributed by atoms with Gasteiger partial charge in [-0.15, -0.1) is 0 Å². The Bertz CT molecular complexity index is 799. The molecule has 2 aromatic rings. The number of rotatable bonds is 4. The van der Waals surface area contributed by atoms with Gasteiger partial charge in [0, 0.05) is 11.1 Å². The van der Waals surface area contributed by atoms with E-state index in [1.54, 1.807) is 31.2 Å². The lowest BCUT2D eigenvalue weighted by atomic mass is 9.92. The SMILES string of the molecule is CC(=O)c1ccccc1NC(=O)[C@@H]1C(c2ccccc2)=NO[C@@H]1C. The molecule has 0 aromatic heterocycles. The highest BCUT2D eigenvalue weighted by Gasteiger charge is 2.38. The van der Waals surface area contributed by atoms with Crippen LogP contribution in [0.15, 0.2) is 59.8 Å². The van der Waals surface area contributed by atoms with E-state index in [1.807, 2.05) is 30.3 Å². The fourth-order valence-corrected chi connectivity index (χ4v) is 2.77. The number of ketones is 1. The second-order valence-corrected chi connectivity index (χ2v) is 5.72. The van der Waals surface area contributed by atoms with Gasteiger partial charge in [-0.2, -0.15) is 0 Å². The summed E-state index contributed by atoms with van der Waals surface area (Å²) in [6, 6.07) is 16.4. The number of amides is 1. The molecule has 1 heterocycles. The Hall–Kier alpha value is -2.95. The Morgan fingerprint density at radius 3 is 2.42 bits per heavy atom. The van der Waals surface area contributed by atoms with Gasteiger partial charge in [0.15, 0.2) is 5.78 Å². The predicted octanol–water partition coefficient (Wildman–Crippen LogP) is 3.27. The number of para-hydroxylation sites is 1. The van der Waals surface area contributed by atoms with Gasteiger partial charge in [-0.1, -0.05) is 47.6 Å². The highest BCUT2D eigenvalue weighted by Crippen LogP contribution is 2.25. The Morgan fingerprint density at radius 1 is 1.04 bits per heavy atom. The molecule has 2 atom stereocenters. The Labute approximate surface area is 140 Å². The Kier molecular flexibility index (Phi) is 4.42. The van der Waals surface area contributed by atoms with E-state index in [4.69, 9.17) is 4.84 Å². The summed E-state index contributed by atoms with van der Waals surface area (Å²) in [4.78, 5) is 29.8. The molecule has 0 saturated carbocycles. The highest BCUT2D eigenvalue weighted by atomic mass is 16.6. The molecule has 0 fully saturated rings. The van der Waals surface area contributed by atoms with Crippen molar-refractivity contribution in [2.45, 2.75) is 20.0 Å². The van der Waals surface area contributed by atoms with Gasteiger partial charge in [0.2, 0.25) is 5.91 Å². The maximum absolute atomic E-state index is 12.8. The van der Waals surface area contributed by atoms with Crippen LogP contribution in [0.2, 0.25) is 0 Å². The molecule has 0 unspecified atom stereocenters. The van der Waals surface area contributed by atoms with Crippen LogP contribution >= 0.6 is 0 Å². The van der Waals surface area contributed by atoms with E-state index in [0.29, 0.717) is 17.0 Å². The fraction of sp³-hybridized carbons (Fsp3) is 0.211. The summed E-state index contributed by atoms with van der Waals surface area (Å²) in [5.41, 5.74) is 2.43. The molecular formula is C19H18N2O3. The number of nitrogens with one attached hydrogen (secondary N) is 1. The molecule has 0 saturated heterocycles. The quantitative estimate of drug-likeness (QED) is 0.879. The summed E-state index contributed by atoms with van der Waals surface area (Å²) >= 11 is 0. The van der Waals surface area contributed by atoms with Crippen molar-refractivity contribution in [1.29, 1.82) is 0 Å². The molecule has 5 heteroatoms. The molecule has 0 aliphatic carbocycles. The maximum Gasteiger partial charge on any atom is 0.237 e. The topological polar surface area (TPSA) is 67.8 Å². The number of carbonyl (C=O) groups is 2. The first-order valence-electron chi connectivity index (χ1n) is 7.78. The number of Topliss-reactive ketones (excluding diaryl/α,β-unsaturated/α-hetero) is 1. The van der Waals surface area contributed by atoms with Crippen LogP contribution in [0.4, 0.5) is 5.69 Å². The van der Waals surface area contributed by atoms with Crippen molar-refractivity contribution >= 4 is 23.1 Å². The van der Waals surface area contributed by atoms with Crippen molar-refractivity contribution < 1.29 is 14.4 Å². The van der Waals surface area contributed by atoms with Crippen LogP contribution in [0.3, 0.4) is 0 Å². The van der Waals surface area contributed by atoms with Gasteiger partial charge in [-0.3, -0.25) is 9.59 Å². The van der Waals surface area contributed by atoms with Crippen LogP contribution in [-0.2, 0) is 9.63 Å². The summed E-state index contributed by atoms with van der Waals surface area (Å²) in [5, 5.41) is 6.92. The van der Waals surface area contributed by atoms with E-state index in [2.05, 4.69) is 10.5 Å². The Balaban J connectivity index is 1.87. The lowest BCUT2D eigenvalue weighted by Gasteiger charge is -2.16. The molecule has 1 amide bonds. The molecule has 0 spiro atoms. The molecule has 5 nitrogen and oxygen atoms in total. The fourth-order valence-electron chi connectivity index (χ4n) is 2.77. The molecule has 1 N–H and O–H groups in total. The van der Waals surface area contributed by atoms with Crippen molar-refractivity contribution in [2.75, 3.05) is 5.32 Å². The second kappa shape index (κ2) is 6.66.